The lowest BCUT2D eigenvalue weighted by molar-refractivity contribution is 1.09. The summed E-state index contributed by atoms with van der Waals surface area (Å²) in [4.78, 5) is 8.53. The van der Waals surface area contributed by atoms with E-state index in [9.17, 15) is 0 Å². The Morgan fingerprint density at radius 2 is 1.50 bits per heavy atom. The first-order valence-corrected chi connectivity index (χ1v) is 5.96. The van der Waals surface area contributed by atoms with Crippen LogP contribution in [-0.2, 0) is 0 Å². The maximum Gasteiger partial charge on any atom is 0.0889 e. The molecule has 0 spiro atoms. The van der Waals surface area contributed by atoms with Crippen LogP contribution in [0.1, 0.15) is 39.8 Å². The van der Waals surface area contributed by atoms with Gasteiger partial charge in [-0.3, -0.25) is 4.98 Å². The molecule has 88 valence electrons. The number of aryl methyl sites for hydroxylation is 1. The van der Waals surface area contributed by atoms with Crippen LogP contribution in [0.15, 0.2) is 30.5 Å². The second kappa shape index (κ2) is 8.84. The normalized spacial score (nSPS) is 8.56. The highest BCUT2D eigenvalue weighted by Crippen LogP contribution is 2.06. The Bertz CT molecular complexity index is 397. The average Bonchev–Trinajstić information content (AvgIpc) is 2.32. The number of nitrogens with zero attached hydrogens (tertiary/aromatic N) is 2. The Labute approximate surface area is 98.8 Å². The van der Waals surface area contributed by atoms with Gasteiger partial charge in [0.25, 0.3) is 0 Å². The minimum atomic E-state index is 0.957. The van der Waals surface area contributed by atoms with Gasteiger partial charge in [-0.15, -0.1) is 0 Å². The summed E-state index contributed by atoms with van der Waals surface area (Å²) in [5, 5.41) is 0. The number of rotatable bonds is 0. The summed E-state index contributed by atoms with van der Waals surface area (Å²) in [6.07, 6.45) is 3.03. The number of hydrogen-bond donors (Lipinski definition) is 0. The van der Waals surface area contributed by atoms with Crippen molar-refractivity contribution < 1.29 is 0 Å². The number of para-hydroxylation sites is 2. The fraction of sp³-hybridized carbons (Fsp3) is 0.429. The summed E-state index contributed by atoms with van der Waals surface area (Å²) < 4.78 is 0. The lowest BCUT2D eigenvalue weighted by Crippen LogP contribution is -1.85. The highest BCUT2D eigenvalue weighted by Gasteiger charge is 1.92. The van der Waals surface area contributed by atoms with Crippen molar-refractivity contribution in [2.24, 2.45) is 0 Å². The molecule has 1 heterocycles. The molecule has 0 unspecified atom stereocenters. The van der Waals surface area contributed by atoms with E-state index < -0.39 is 0 Å². The van der Waals surface area contributed by atoms with Crippen LogP contribution < -0.4 is 0 Å². The van der Waals surface area contributed by atoms with E-state index in [0.717, 1.165) is 16.7 Å². The molecule has 0 bridgehead atoms. The van der Waals surface area contributed by atoms with Gasteiger partial charge in [-0.05, 0) is 19.1 Å². The number of aromatic nitrogens is 2. The Morgan fingerprint density at radius 1 is 1.00 bits per heavy atom. The van der Waals surface area contributed by atoms with E-state index in [4.69, 9.17) is 0 Å². The van der Waals surface area contributed by atoms with Crippen LogP contribution in [0.3, 0.4) is 0 Å². The van der Waals surface area contributed by atoms with E-state index in [-0.39, 0.29) is 0 Å². The Kier molecular flexibility index (Phi) is 8.04. The summed E-state index contributed by atoms with van der Waals surface area (Å²) in [6.45, 7) is 10.2. The van der Waals surface area contributed by atoms with E-state index in [2.05, 4.69) is 23.8 Å². The number of benzene rings is 1. The third-order valence-electron chi connectivity index (χ3n) is 1.57. The van der Waals surface area contributed by atoms with Crippen molar-refractivity contribution in [3.8, 4) is 0 Å². The van der Waals surface area contributed by atoms with Crippen molar-refractivity contribution in [1.82, 2.24) is 9.97 Å². The van der Waals surface area contributed by atoms with Crippen LogP contribution in [0, 0.1) is 6.92 Å². The summed E-state index contributed by atoms with van der Waals surface area (Å²) in [5.41, 5.74) is 2.88. The predicted molar refractivity (Wildman–Crippen MR) is 71.6 cm³/mol. The molecule has 16 heavy (non-hydrogen) atoms. The van der Waals surface area contributed by atoms with Crippen molar-refractivity contribution in [1.29, 1.82) is 0 Å². The average molecular weight is 218 g/mol. The second-order valence-electron chi connectivity index (χ2n) is 3.21. The molecule has 0 amide bonds. The molecule has 1 aromatic carbocycles. The third-order valence-corrected chi connectivity index (χ3v) is 1.57. The van der Waals surface area contributed by atoms with Gasteiger partial charge in [-0.2, -0.15) is 0 Å². The first-order valence-electron chi connectivity index (χ1n) is 5.96. The molecule has 2 aromatic rings. The molecule has 0 saturated carbocycles. The van der Waals surface area contributed by atoms with Crippen LogP contribution in [0.25, 0.3) is 11.0 Å². The molecule has 0 fully saturated rings. The van der Waals surface area contributed by atoms with Gasteiger partial charge >= 0.3 is 0 Å². The fourth-order valence-electron chi connectivity index (χ4n) is 1.05. The van der Waals surface area contributed by atoms with Crippen molar-refractivity contribution in [3.63, 3.8) is 0 Å². The molecule has 0 saturated heterocycles. The van der Waals surface area contributed by atoms with Crippen molar-refractivity contribution >= 4 is 11.0 Å². The quantitative estimate of drug-likeness (QED) is 0.655. The van der Waals surface area contributed by atoms with Gasteiger partial charge in [0, 0.05) is 6.20 Å². The molecule has 2 heteroatoms. The van der Waals surface area contributed by atoms with Gasteiger partial charge in [0.05, 0.1) is 16.7 Å². The highest BCUT2D eigenvalue weighted by atomic mass is 14.8. The van der Waals surface area contributed by atoms with Gasteiger partial charge < -0.3 is 0 Å². The highest BCUT2D eigenvalue weighted by molar-refractivity contribution is 5.73. The van der Waals surface area contributed by atoms with E-state index in [0.29, 0.717) is 0 Å². The van der Waals surface area contributed by atoms with Crippen molar-refractivity contribution in [2.75, 3.05) is 0 Å². The maximum atomic E-state index is 4.31. The molecule has 0 N–H and O–H groups in total. The van der Waals surface area contributed by atoms with E-state index in [1.54, 1.807) is 6.20 Å². The molecule has 0 radical (unpaired) electrons. The van der Waals surface area contributed by atoms with Crippen LogP contribution in [0.2, 0.25) is 0 Å². The zero-order valence-corrected chi connectivity index (χ0v) is 11.0. The first-order chi connectivity index (χ1) is 7.77. The Balaban J connectivity index is 0.000000394. The lowest BCUT2D eigenvalue weighted by Gasteiger charge is -1.95. The maximum absolute atomic E-state index is 4.31. The Hall–Kier alpha value is -1.44. The smallest absolute Gasteiger partial charge is 0.0889 e. The lowest BCUT2D eigenvalue weighted by atomic mass is 10.3. The van der Waals surface area contributed by atoms with Crippen molar-refractivity contribution in [2.45, 2.75) is 41.0 Å². The molecule has 0 atom stereocenters. The predicted octanol–water partition coefficient (Wildman–Crippen LogP) is 4.38. The summed E-state index contributed by atoms with van der Waals surface area (Å²) in [6, 6.07) is 7.86. The molecular formula is C14H22N2. The van der Waals surface area contributed by atoms with E-state index >= 15 is 0 Å². The van der Waals surface area contributed by atoms with Crippen LogP contribution in [0.5, 0.6) is 0 Å². The van der Waals surface area contributed by atoms with E-state index in [1.165, 1.54) is 6.42 Å². The number of hydrogen-bond acceptors (Lipinski definition) is 2. The van der Waals surface area contributed by atoms with Gasteiger partial charge in [0.1, 0.15) is 0 Å². The van der Waals surface area contributed by atoms with Gasteiger partial charge in [0.2, 0.25) is 0 Å². The molecule has 0 aliphatic carbocycles. The second-order valence-corrected chi connectivity index (χ2v) is 3.21. The van der Waals surface area contributed by atoms with Crippen LogP contribution in [-0.4, -0.2) is 9.97 Å². The van der Waals surface area contributed by atoms with Crippen molar-refractivity contribution in [3.05, 3.63) is 36.2 Å². The SMILES string of the molecule is CC.CCC.Cc1cnc2ccccc2n1. The largest absolute Gasteiger partial charge is 0.253 e. The van der Waals surface area contributed by atoms with Crippen LogP contribution in [0.4, 0.5) is 0 Å². The minimum absolute atomic E-state index is 0.957. The summed E-state index contributed by atoms with van der Waals surface area (Å²) in [7, 11) is 0. The van der Waals surface area contributed by atoms with Gasteiger partial charge in [-0.25, -0.2) is 4.98 Å². The molecule has 0 aliphatic heterocycles. The van der Waals surface area contributed by atoms with Gasteiger partial charge in [0.15, 0.2) is 0 Å². The van der Waals surface area contributed by atoms with E-state index in [1.807, 2.05) is 45.0 Å². The molecule has 1 aromatic heterocycles. The summed E-state index contributed by atoms with van der Waals surface area (Å²) >= 11 is 0. The fourth-order valence-corrected chi connectivity index (χ4v) is 1.05. The Morgan fingerprint density at radius 3 is 2.06 bits per heavy atom. The number of fused-ring (bicyclic) bond motifs is 1. The zero-order chi connectivity index (χ0) is 12.4. The van der Waals surface area contributed by atoms with Crippen LogP contribution >= 0.6 is 0 Å². The molecule has 2 rings (SSSR count). The topological polar surface area (TPSA) is 25.8 Å². The van der Waals surface area contributed by atoms with Gasteiger partial charge in [-0.1, -0.05) is 46.2 Å². The first kappa shape index (κ1) is 14.6. The third kappa shape index (κ3) is 4.87. The minimum Gasteiger partial charge on any atom is -0.253 e. The summed E-state index contributed by atoms with van der Waals surface area (Å²) in [5.74, 6) is 0. The zero-order valence-electron chi connectivity index (χ0n) is 11.0. The molecular weight excluding hydrogens is 196 g/mol. The molecule has 2 nitrogen and oxygen atoms in total. The standard InChI is InChI=1S/C9H8N2.C3H8.C2H6/c1-7-6-10-8-4-2-3-5-9(8)11-7;1-3-2;1-2/h2-6H,1H3;3H2,1-2H3;1-2H3. The molecule has 0 aliphatic rings. The monoisotopic (exact) mass is 218 g/mol.